The number of nitrogens with zero attached hydrogens (tertiary/aromatic N) is 1. The van der Waals surface area contributed by atoms with E-state index in [1.165, 1.54) is 35.6 Å². The predicted octanol–water partition coefficient (Wildman–Crippen LogP) is 3.97. The van der Waals surface area contributed by atoms with E-state index >= 15 is 0 Å². The van der Waals surface area contributed by atoms with Crippen LogP contribution in [-0.2, 0) is 34.1 Å². The quantitative estimate of drug-likeness (QED) is 0.669. The maximum atomic E-state index is 12.8. The van der Waals surface area contributed by atoms with Gasteiger partial charge in [0.1, 0.15) is 5.58 Å². The zero-order valence-corrected chi connectivity index (χ0v) is 18.5. The predicted molar refractivity (Wildman–Crippen MR) is 117 cm³/mol. The summed E-state index contributed by atoms with van der Waals surface area (Å²) >= 11 is 0. The third-order valence-electron chi connectivity index (χ3n) is 5.91. The molecule has 1 heterocycles. The van der Waals surface area contributed by atoms with Gasteiger partial charge in [0.05, 0.1) is 17.6 Å². The van der Waals surface area contributed by atoms with E-state index in [1.54, 1.807) is 12.3 Å². The van der Waals surface area contributed by atoms with Crippen molar-refractivity contribution in [1.29, 1.82) is 0 Å². The fraction of sp³-hybridized carbons (Fsp3) is 0.348. The monoisotopic (exact) mass is 426 g/mol. The first-order valence-corrected chi connectivity index (χ1v) is 11.5. The summed E-state index contributed by atoms with van der Waals surface area (Å²) in [6.07, 6.45) is 5.10. The minimum atomic E-state index is -3.59. The highest BCUT2D eigenvalue weighted by Gasteiger charge is 2.21. The summed E-state index contributed by atoms with van der Waals surface area (Å²) < 4.78 is 31.9. The number of furan rings is 1. The fourth-order valence-corrected chi connectivity index (χ4v) is 4.98. The molecule has 1 N–H and O–H groups in total. The standard InChI is InChI=1S/C23H26N2O4S/c1-14-8-19(30(27,28)25(3)4)12-21(15(14)2)24-23(26)11-18-13-29-22-10-17-7-5-6-16(17)9-20(18)22/h8-10,12-13H,5-7,11H2,1-4H3,(H,24,26). The largest absolute Gasteiger partial charge is 0.464 e. The molecule has 0 fully saturated rings. The molecule has 6 nitrogen and oxygen atoms in total. The molecule has 158 valence electrons. The minimum absolute atomic E-state index is 0.162. The SMILES string of the molecule is Cc1cc(S(=O)(=O)N(C)C)cc(NC(=O)Cc2coc3cc4c(cc23)CCC4)c1C. The zero-order chi connectivity index (χ0) is 21.6. The van der Waals surface area contributed by atoms with E-state index in [0.717, 1.165) is 46.9 Å². The summed E-state index contributed by atoms with van der Waals surface area (Å²) in [6, 6.07) is 7.38. The number of hydrogen-bond acceptors (Lipinski definition) is 4. The molecule has 1 aliphatic rings. The number of carbonyl (C=O) groups is 1. The third kappa shape index (κ3) is 3.63. The lowest BCUT2D eigenvalue weighted by Gasteiger charge is -2.16. The van der Waals surface area contributed by atoms with Crippen LogP contribution in [0.2, 0.25) is 0 Å². The summed E-state index contributed by atoms with van der Waals surface area (Å²) in [7, 11) is -0.613. The maximum Gasteiger partial charge on any atom is 0.242 e. The molecule has 1 amide bonds. The smallest absolute Gasteiger partial charge is 0.242 e. The fourth-order valence-electron chi connectivity index (χ4n) is 3.97. The number of rotatable bonds is 5. The van der Waals surface area contributed by atoms with Crippen LogP contribution in [0.25, 0.3) is 11.0 Å². The second-order valence-corrected chi connectivity index (χ2v) is 10.3. The molecule has 0 saturated carbocycles. The number of nitrogens with one attached hydrogen (secondary N) is 1. The molecule has 0 atom stereocenters. The molecular weight excluding hydrogens is 400 g/mol. The number of amides is 1. The van der Waals surface area contributed by atoms with E-state index in [4.69, 9.17) is 4.42 Å². The lowest BCUT2D eigenvalue weighted by molar-refractivity contribution is -0.115. The Morgan fingerprint density at radius 2 is 1.80 bits per heavy atom. The van der Waals surface area contributed by atoms with E-state index in [-0.39, 0.29) is 17.2 Å². The minimum Gasteiger partial charge on any atom is -0.464 e. The highest BCUT2D eigenvalue weighted by molar-refractivity contribution is 7.89. The van der Waals surface area contributed by atoms with Gasteiger partial charge >= 0.3 is 0 Å². The Labute approximate surface area is 176 Å². The first-order chi connectivity index (χ1) is 14.2. The van der Waals surface area contributed by atoms with E-state index in [9.17, 15) is 13.2 Å². The van der Waals surface area contributed by atoms with Gasteiger partial charge in [0.15, 0.2) is 0 Å². The first-order valence-electron chi connectivity index (χ1n) is 10.0. The molecule has 0 unspecified atom stereocenters. The van der Waals surface area contributed by atoms with Crippen LogP contribution in [-0.4, -0.2) is 32.7 Å². The van der Waals surface area contributed by atoms with E-state index < -0.39 is 10.0 Å². The molecular formula is C23H26N2O4S. The van der Waals surface area contributed by atoms with Gasteiger partial charge < -0.3 is 9.73 Å². The van der Waals surface area contributed by atoms with E-state index in [0.29, 0.717) is 5.69 Å². The lowest BCUT2D eigenvalue weighted by Crippen LogP contribution is -2.23. The van der Waals surface area contributed by atoms with E-state index in [1.807, 2.05) is 13.8 Å². The third-order valence-corrected chi connectivity index (χ3v) is 7.71. The van der Waals surface area contributed by atoms with Crippen molar-refractivity contribution < 1.29 is 17.6 Å². The molecule has 0 spiro atoms. The van der Waals surface area contributed by atoms with Crippen LogP contribution in [0.15, 0.2) is 39.8 Å². The summed E-state index contributed by atoms with van der Waals surface area (Å²) in [4.78, 5) is 13.0. The van der Waals surface area contributed by atoms with Gasteiger partial charge in [-0.1, -0.05) is 0 Å². The number of aryl methyl sites for hydroxylation is 3. The molecule has 0 bridgehead atoms. The van der Waals surface area contributed by atoms with Crippen LogP contribution in [0.1, 0.15) is 34.2 Å². The van der Waals surface area contributed by atoms with Crippen LogP contribution in [0.3, 0.4) is 0 Å². The van der Waals surface area contributed by atoms with Gasteiger partial charge in [0.2, 0.25) is 15.9 Å². The molecule has 30 heavy (non-hydrogen) atoms. The molecule has 4 rings (SSSR count). The summed E-state index contributed by atoms with van der Waals surface area (Å²) in [6.45, 7) is 3.71. The molecule has 1 aromatic heterocycles. The van der Waals surface area contributed by atoms with Crippen LogP contribution in [0.4, 0.5) is 5.69 Å². The normalized spacial score (nSPS) is 13.8. The van der Waals surface area contributed by atoms with Crippen molar-refractivity contribution in [2.45, 2.75) is 44.4 Å². The van der Waals surface area contributed by atoms with Crippen molar-refractivity contribution in [3.8, 4) is 0 Å². The molecule has 3 aromatic rings. The van der Waals surface area contributed by atoms with Gasteiger partial charge in [0.25, 0.3) is 0 Å². The van der Waals surface area contributed by atoms with Crippen molar-refractivity contribution in [1.82, 2.24) is 4.31 Å². The van der Waals surface area contributed by atoms with Crippen molar-refractivity contribution in [3.05, 3.63) is 58.3 Å². The second-order valence-electron chi connectivity index (χ2n) is 8.16. The van der Waals surface area contributed by atoms with Crippen LogP contribution < -0.4 is 5.32 Å². The Morgan fingerprint density at radius 1 is 1.10 bits per heavy atom. The van der Waals surface area contributed by atoms with Crippen molar-refractivity contribution >= 4 is 32.6 Å². The topological polar surface area (TPSA) is 79.6 Å². The van der Waals surface area contributed by atoms with Gasteiger partial charge in [-0.15, -0.1) is 0 Å². The molecule has 0 aliphatic heterocycles. The number of hydrogen-bond donors (Lipinski definition) is 1. The second kappa shape index (κ2) is 7.56. The highest BCUT2D eigenvalue weighted by atomic mass is 32.2. The Hall–Kier alpha value is -2.64. The first kappa shape index (κ1) is 20.6. The van der Waals surface area contributed by atoms with Crippen molar-refractivity contribution in [3.63, 3.8) is 0 Å². The van der Waals surface area contributed by atoms with Gasteiger partial charge in [-0.3, -0.25) is 4.79 Å². The average molecular weight is 427 g/mol. The molecule has 2 aromatic carbocycles. The van der Waals surface area contributed by atoms with E-state index in [2.05, 4.69) is 17.4 Å². The van der Waals surface area contributed by atoms with Crippen LogP contribution >= 0.6 is 0 Å². The Morgan fingerprint density at radius 3 is 2.50 bits per heavy atom. The van der Waals surface area contributed by atoms with Gasteiger partial charge in [-0.25, -0.2) is 12.7 Å². The van der Waals surface area contributed by atoms with Crippen LogP contribution in [0, 0.1) is 13.8 Å². The number of anilines is 1. The number of sulfonamides is 1. The molecule has 1 aliphatic carbocycles. The Kier molecular flexibility index (Phi) is 5.20. The summed E-state index contributed by atoms with van der Waals surface area (Å²) in [5.41, 5.74) is 6.47. The van der Waals surface area contributed by atoms with Crippen molar-refractivity contribution in [2.24, 2.45) is 0 Å². The number of carbonyl (C=O) groups excluding carboxylic acids is 1. The maximum absolute atomic E-state index is 12.8. The summed E-state index contributed by atoms with van der Waals surface area (Å²) in [5.74, 6) is -0.208. The Balaban J connectivity index is 1.60. The molecule has 0 saturated heterocycles. The van der Waals surface area contributed by atoms with Crippen LogP contribution in [0.5, 0.6) is 0 Å². The molecule has 0 radical (unpaired) electrons. The van der Waals surface area contributed by atoms with Gasteiger partial charge in [-0.2, -0.15) is 0 Å². The van der Waals surface area contributed by atoms with Gasteiger partial charge in [-0.05, 0) is 79.6 Å². The van der Waals surface area contributed by atoms with Crippen molar-refractivity contribution in [2.75, 3.05) is 19.4 Å². The highest BCUT2D eigenvalue weighted by Crippen LogP contribution is 2.31. The zero-order valence-electron chi connectivity index (χ0n) is 17.7. The molecule has 7 heteroatoms. The lowest BCUT2D eigenvalue weighted by atomic mass is 10.0. The van der Waals surface area contributed by atoms with Gasteiger partial charge in [0, 0.05) is 30.7 Å². The number of benzene rings is 2. The summed E-state index contributed by atoms with van der Waals surface area (Å²) in [5, 5.41) is 3.87. The average Bonchev–Trinajstić information content (AvgIpc) is 3.29. The number of fused-ring (bicyclic) bond motifs is 2. The Bertz CT molecular complexity index is 1260.